The zero-order valence-electron chi connectivity index (χ0n) is 18.4. The van der Waals surface area contributed by atoms with Crippen molar-refractivity contribution in [1.29, 1.82) is 0 Å². The number of aromatic nitrogens is 2. The molecule has 1 fully saturated rings. The standard InChI is InChI=1S/C23H21F3N4O4S/c1-13-5-2-3-6-16(13)21-17(23(24,25)26)9-10-19(29-21)30-35(33,34)20-8-4-7-18(28-20)27-15-11-14(12-15)22(31)32/h2-10,14-15H,11-12H2,1H3,(H,27,28)(H,29,30)(H,31,32)/t14-,15-. The number of hydrogen-bond donors (Lipinski definition) is 3. The highest BCUT2D eigenvalue weighted by Gasteiger charge is 2.36. The smallest absolute Gasteiger partial charge is 0.418 e. The minimum Gasteiger partial charge on any atom is -0.481 e. The number of hydrogen-bond acceptors (Lipinski definition) is 6. The minimum absolute atomic E-state index is 0.150. The van der Waals surface area contributed by atoms with Gasteiger partial charge in [0.25, 0.3) is 10.0 Å². The van der Waals surface area contributed by atoms with Crippen molar-refractivity contribution in [2.45, 2.75) is 37.0 Å². The number of pyridine rings is 2. The Hall–Kier alpha value is -3.67. The number of carbonyl (C=O) groups is 1. The summed E-state index contributed by atoms with van der Waals surface area (Å²) in [5.41, 5.74) is -0.603. The van der Waals surface area contributed by atoms with E-state index in [1.54, 1.807) is 31.2 Å². The first-order chi connectivity index (χ1) is 16.4. The van der Waals surface area contributed by atoms with Crippen LogP contribution in [0, 0.1) is 12.8 Å². The number of carboxylic acids is 1. The molecule has 0 bridgehead atoms. The second-order valence-electron chi connectivity index (χ2n) is 8.22. The summed E-state index contributed by atoms with van der Waals surface area (Å²) in [6.07, 6.45) is -3.91. The SMILES string of the molecule is Cc1ccccc1-c1nc(NS(=O)(=O)c2cccc(N[C@H]3C[C@H](C(=O)O)C3)n2)ccc1C(F)(F)F. The maximum Gasteiger partial charge on any atom is 0.418 e. The maximum atomic E-state index is 13.6. The quantitative estimate of drug-likeness (QED) is 0.430. The molecule has 0 unspecified atom stereocenters. The van der Waals surface area contributed by atoms with Crippen LogP contribution in [0.15, 0.2) is 59.6 Å². The zero-order chi connectivity index (χ0) is 25.4. The molecular weight excluding hydrogens is 485 g/mol. The first kappa shape index (κ1) is 24.5. The van der Waals surface area contributed by atoms with Crippen LogP contribution in [-0.2, 0) is 21.0 Å². The lowest BCUT2D eigenvalue weighted by Gasteiger charge is -2.33. The van der Waals surface area contributed by atoms with E-state index in [0.717, 1.165) is 12.1 Å². The van der Waals surface area contributed by atoms with E-state index in [0.29, 0.717) is 18.4 Å². The number of aryl methyl sites for hydroxylation is 1. The van der Waals surface area contributed by atoms with Gasteiger partial charge in [-0.3, -0.25) is 9.52 Å². The molecule has 0 spiro atoms. The number of benzene rings is 1. The molecule has 2 heterocycles. The van der Waals surface area contributed by atoms with E-state index in [2.05, 4.69) is 20.0 Å². The summed E-state index contributed by atoms with van der Waals surface area (Å²) in [5, 5.41) is 11.6. The molecule has 0 amide bonds. The number of anilines is 2. The summed E-state index contributed by atoms with van der Waals surface area (Å²) in [5.74, 6) is -1.39. The predicted molar refractivity (Wildman–Crippen MR) is 122 cm³/mol. The molecular formula is C23H21F3N4O4S. The fraction of sp³-hybridized carbons (Fsp3) is 0.261. The third-order valence-corrected chi connectivity index (χ3v) is 6.93. The molecule has 1 aliphatic rings. The van der Waals surface area contributed by atoms with Crippen molar-refractivity contribution >= 4 is 27.6 Å². The molecule has 0 saturated heterocycles. The van der Waals surface area contributed by atoms with Gasteiger partial charge < -0.3 is 10.4 Å². The topological polar surface area (TPSA) is 121 Å². The van der Waals surface area contributed by atoms with Gasteiger partial charge in [-0.15, -0.1) is 0 Å². The molecule has 0 atom stereocenters. The summed E-state index contributed by atoms with van der Waals surface area (Å²) in [7, 11) is -4.28. The highest BCUT2D eigenvalue weighted by atomic mass is 32.2. The lowest BCUT2D eigenvalue weighted by molar-refractivity contribution is -0.144. The molecule has 3 N–H and O–H groups in total. The van der Waals surface area contributed by atoms with Crippen LogP contribution in [-0.4, -0.2) is 35.5 Å². The number of alkyl halides is 3. The van der Waals surface area contributed by atoms with E-state index < -0.39 is 39.3 Å². The molecule has 1 saturated carbocycles. The summed E-state index contributed by atoms with van der Waals surface area (Å²) in [6.45, 7) is 1.64. The molecule has 3 aromatic rings. The van der Waals surface area contributed by atoms with Gasteiger partial charge in [-0.25, -0.2) is 9.97 Å². The number of rotatable bonds is 7. The van der Waals surface area contributed by atoms with Gasteiger partial charge in [0.1, 0.15) is 11.6 Å². The first-order valence-electron chi connectivity index (χ1n) is 10.6. The van der Waals surface area contributed by atoms with E-state index >= 15 is 0 Å². The van der Waals surface area contributed by atoms with Crippen LogP contribution in [0.5, 0.6) is 0 Å². The Morgan fingerprint density at radius 2 is 1.71 bits per heavy atom. The summed E-state index contributed by atoms with van der Waals surface area (Å²) >= 11 is 0. The van der Waals surface area contributed by atoms with E-state index in [1.807, 2.05) is 0 Å². The van der Waals surface area contributed by atoms with Gasteiger partial charge in [-0.1, -0.05) is 30.3 Å². The largest absolute Gasteiger partial charge is 0.481 e. The molecule has 8 nitrogen and oxygen atoms in total. The van der Waals surface area contributed by atoms with Crippen LogP contribution in [0.2, 0.25) is 0 Å². The van der Waals surface area contributed by atoms with E-state index in [4.69, 9.17) is 5.11 Å². The van der Waals surface area contributed by atoms with E-state index in [9.17, 15) is 26.4 Å². The second-order valence-corrected chi connectivity index (χ2v) is 9.85. The molecule has 35 heavy (non-hydrogen) atoms. The van der Waals surface area contributed by atoms with Gasteiger partial charge in [0.15, 0.2) is 5.03 Å². The number of nitrogens with zero attached hydrogens (tertiary/aromatic N) is 2. The summed E-state index contributed by atoms with van der Waals surface area (Å²) in [4.78, 5) is 19.0. The highest BCUT2D eigenvalue weighted by Crippen LogP contribution is 2.38. The Balaban J connectivity index is 1.60. The Kier molecular flexibility index (Phi) is 6.41. The van der Waals surface area contributed by atoms with Crippen LogP contribution in [0.25, 0.3) is 11.3 Å². The second kappa shape index (κ2) is 9.17. The third-order valence-electron chi connectivity index (χ3n) is 5.68. The lowest BCUT2D eigenvalue weighted by atomic mass is 9.80. The molecule has 4 rings (SSSR count). The van der Waals surface area contributed by atoms with Crippen molar-refractivity contribution in [2.75, 3.05) is 10.0 Å². The lowest BCUT2D eigenvalue weighted by Crippen LogP contribution is -2.39. The van der Waals surface area contributed by atoms with Gasteiger partial charge in [0.2, 0.25) is 0 Å². The Morgan fingerprint density at radius 1 is 1.00 bits per heavy atom. The average molecular weight is 507 g/mol. The number of aliphatic carboxylic acids is 1. The molecule has 0 radical (unpaired) electrons. The van der Waals surface area contributed by atoms with Gasteiger partial charge in [-0.2, -0.15) is 21.6 Å². The van der Waals surface area contributed by atoms with Gasteiger partial charge in [0.05, 0.1) is 17.2 Å². The van der Waals surface area contributed by atoms with Crippen LogP contribution in [0.1, 0.15) is 24.0 Å². The average Bonchev–Trinajstić information content (AvgIpc) is 2.75. The van der Waals surface area contributed by atoms with Crippen LogP contribution < -0.4 is 10.0 Å². The molecule has 184 valence electrons. The van der Waals surface area contributed by atoms with Gasteiger partial charge in [0, 0.05) is 11.6 Å². The Morgan fingerprint density at radius 3 is 2.37 bits per heavy atom. The molecule has 0 aliphatic heterocycles. The van der Waals surface area contributed by atoms with Crippen LogP contribution in [0.4, 0.5) is 24.8 Å². The maximum absolute atomic E-state index is 13.6. The normalized spacial score (nSPS) is 17.9. The fourth-order valence-corrected chi connectivity index (χ4v) is 4.74. The number of nitrogens with one attached hydrogen (secondary N) is 2. The van der Waals surface area contributed by atoms with Gasteiger partial charge in [-0.05, 0) is 49.6 Å². The van der Waals surface area contributed by atoms with Crippen LogP contribution >= 0.6 is 0 Å². The number of sulfonamides is 1. The van der Waals surface area contributed by atoms with Crippen molar-refractivity contribution in [3.8, 4) is 11.3 Å². The zero-order valence-corrected chi connectivity index (χ0v) is 19.2. The number of carboxylic acid groups (broad SMARTS) is 1. The minimum atomic E-state index is -4.69. The summed E-state index contributed by atoms with van der Waals surface area (Å²) in [6, 6.07) is 12.2. The van der Waals surface area contributed by atoms with Crippen molar-refractivity contribution in [3.63, 3.8) is 0 Å². The monoisotopic (exact) mass is 506 g/mol. The van der Waals surface area contributed by atoms with E-state index in [-0.39, 0.29) is 28.3 Å². The van der Waals surface area contributed by atoms with Crippen molar-refractivity contribution < 1.29 is 31.5 Å². The van der Waals surface area contributed by atoms with Crippen molar-refractivity contribution in [3.05, 3.63) is 65.7 Å². The fourth-order valence-electron chi connectivity index (χ4n) is 3.77. The Bertz CT molecular complexity index is 1370. The highest BCUT2D eigenvalue weighted by molar-refractivity contribution is 7.92. The van der Waals surface area contributed by atoms with Gasteiger partial charge >= 0.3 is 12.1 Å². The molecule has 1 aliphatic carbocycles. The molecule has 1 aromatic carbocycles. The van der Waals surface area contributed by atoms with Crippen molar-refractivity contribution in [1.82, 2.24) is 9.97 Å². The van der Waals surface area contributed by atoms with Crippen molar-refractivity contribution in [2.24, 2.45) is 5.92 Å². The first-order valence-corrected chi connectivity index (χ1v) is 12.1. The third kappa shape index (κ3) is 5.37. The number of halogens is 3. The summed E-state index contributed by atoms with van der Waals surface area (Å²) < 4.78 is 68.9. The van der Waals surface area contributed by atoms with E-state index in [1.165, 1.54) is 18.2 Å². The molecule has 12 heteroatoms. The predicted octanol–water partition coefficient (Wildman–Crippen LogP) is 4.55. The Labute approximate surface area is 199 Å². The molecule has 2 aromatic heterocycles. The van der Waals surface area contributed by atoms with Crippen LogP contribution in [0.3, 0.4) is 0 Å².